The van der Waals surface area contributed by atoms with E-state index in [4.69, 9.17) is 14.5 Å². The molecule has 0 amide bonds. The van der Waals surface area contributed by atoms with E-state index in [2.05, 4.69) is 4.52 Å². The third-order valence-electron chi connectivity index (χ3n) is 3.41. The average molecular weight is 338 g/mol. The normalized spacial score (nSPS) is 32.3. The minimum atomic E-state index is -5.00. The second kappa shape index (κ2) is 5.70. The van der Waals surface area contributed by atoms with Crippen molar-refractivity contribution in [3.63, 3.8) is 0 Å². The third kappa shape index (κ3) is 3.06. The first-order valence-electron chi connectivity index (χ1n) is 6.10. The van der Waals surface area contributed by atoms with Gasteiger partial charge in [0.05, 0.1) is 6.61 Å². The lowest BCUT2D eigenvalue weighted by Gasteiger charge is -2.31. The van der Waals surface area contributed by atoms with Crippen molar-refractivity contribution >= 4 is 7.82 Å². The Balaban J connectivity index is 2.43. The first-order valence-corrected chi connectivity index (χ1v) is 7.63. The van der Waals surface area contributed by atoms with Crippen LogP contribution in [0.2, 0.25) is 0 Å². The van der Waals surface area contributed by atoms with Crippen molar-refractivity contribution in [1.82, 2.24) is 9.55 Å². The Morgan fingerprint density at radius 2 is 2.14 bits per heavy atom. The minimum Gasteiger partial charge on any atom is -0.394 e. The molecule has 0 aliphatic carbocycles. The molecule has 0 unspecified atom stereocenters. The zero-order valence-corrected chi connectivity index (χ0v) is 12.2. The molecule has 124 valence electrons. The van der Waals surface area contributed by atoms with E-state index in [1.807, 2.05) is 4.98 Å². The lowest BCUT2D eigenvalue weighted by molar-refractivity contribution is -0.0763. The van der Waals surface area contributed by atoms with Crippen molar-refractivity contribution in [2.24, 2.45) is 0 Å². The molecule has 1 aromatic rings. The van der Waals surface area contributed by atoms with Gasteiger partial charge < -0.3 is 24.7 Å². The van der Waals surface area contributed by atoms with E-state index < -0.39 is 49.7 Å². The molecule has 1 fully saturated rings. The number of H-pyrrole nitrogens is 1. The van der Waals surface area contributed by atoms with E-state index in [-0.39, 0.29) is 0 Å². The molecule has 4 atom stereocenters. The minimum absolute atomic E-state index is 0.665. The van der Waals surface area contributed by atoms with Crippen molar-refractivity contribution in [1.29, 1.82) is 0 Å². The summed E-state index contributed by atoms with van der Waals surface area (Å²) >= 11 is 0. The van der Waals surface area contributed by atoms with Crippen molar-refractivity contribution in [2.45, 2.75) is 31.0 Å². The Bertz CT molecular complexity index is 709. The second-order valence-electron chi connectivity index (χ2n) is 4.93. The Morgan fingerprint density at radius 1 is 1.50 bits per heavy atom. The van der Waals surface area contributed by atoms with Crippen molar-refractivity contribution in [3.05, 3.63) is 33.1 Å². The maximum atomic E-state index is 11.7. The molecule has 0 spiro atoms. The smallest absolute Gasteiger partial charge is 0.394 e. The zero-order chi connectivity index (χ0) is 16.7. The molecule has 1 saturated heterocycles. The fourth-order valence-electron chi connectivity index (χ4n) is 2.29. The molecule has 0 saturated carbocycles. The Hall–Kier alpha value is -1.33. The number of hydrogen-bond donors (Lipinski definition) is 5. The van der Waals surface area contributed by atoms with Gasteiger partial charge >= 0.3 is 13.5 Å². The number of aliphatic hydroxyl groups is 2. The summed E-state index contributed by atoms with van der Waals surface area (Å²) in [5.41, 5.74) is -3.52. The molecule has 11 nitrogen and oxygen atoms in total. The average Bonchev–Trinajstić information content (AvgIpc) is 2.60. The first-order chi connectivity index (χ1) is 10.1. The quantitative estimate of drug-likeness (QED) is 0.377. The van der Waals surface area contributed by atoms with Crippen LogP contribution < -0.4 is 11.2 Å². The van der Waals surface area contributed by atoms with E-state index in [1.165, 1.54) is 0 Å². The highest BCUT2D eigenvalue weighted by atomic mass is 31.2. The number of phosphoric ester groups is 1. The molecule has 2 heterocycles. The van der Waals surface area contributed by atoms with Crippen LogP contribution in [-0.4, -0.2) is 54.0 Å². The summed E-state index contributed by atoms with van der Waals surface area (Å²) in [6.45, 7) is 0.413. The van der Waals surface area contributed by atoms with Crippen LogP contribution in [0.25, 0.3) is 0 Å². The zero-order valence-electron chi connectivity index (χ0n) is 11.3. The van der Waals surface area contributed by atoms with E-state index in [1.54, 1.807) is 0 Å². The number of hydrogen-bond acceptors (Lipinski definition) is 7. The summed E-state index contributed by atoms with van der Waals surface area (Å²) in [6.07, 6.45) is -3.36. The fourth-order valence-corrected chi connectivity index (χ4v) is 3.03. The SMILES string of the molecule is C[C@@]1(OP(=O)(O)O)[C@@H](CO)O[C@@H](n2ccc(=O)[nH]c2=O)[C@@H]1O. The molecular weight excluding hydrogens is 323 g/mol. The van der Waals surface area contributed by atoms with Crippen LogP contribution in [0.1, 0.15) is 13.2 Å². The van der Waals surface area contributed by atoms with Crippen molar-refractivity contribution < 1.29 is 33.8 Å². The van der Waals surface area contributed by atoms with Crippen LogP contribution >= 0.6 is 7.82 Å². The van der Waals surface area contributed by atoms with Crippen LogP contribution in [0.4, 0.5) is 0 Å². The van der Waals surface area contributed by atoms with Crippen LogP contribution in [0.15, 0.2) is 21.9 Å². The van der Waals surface area contributed by atoms with E-state index >= 15 is 0 Å². The highest BCUT2D eigenvalue weighted by Crippen LogP contribution is 2.49. The number of rotatable bonds is 4. The molecule has 2 rings (SSSR count). The van der Waals surface area contributed by atoms with Gasteiger partial charge in [0, 0.05) is 12.3 Å². The van der Waals surface area contributed by atoms with Gasteiger partial charge in [-0.2, -0.15) is 0 Å². The summed E-state index contributed by atoms with van der Waals surface area (Å²) in [4.78, 5) is 42.6. The van der Waals surface area contributed by atoms with E-state index in [0.717, 1.165) is 23.8 Å². The number of aliphatic hydroxyl groups excluding tert-OH is 2. The first kappa shape index (κ1) is 17.0. The van der Waals surface area contributed by atoms with Gasteiger partial charge in [-0.25, -0.2) is 9.36 Å². The number of phosphoric acid groups is 1. The molecule has 22 heavy (non-hydrogen) atoms. The van der Waals surface area contributed by atoms with Gasteiger partial charge in [-0.3, -0.25) is 18.9 Å². The fraction of sp³-hybridized carbons (Fsp3) is 0.600. The summed E-state index contributed by atoms with van der Waals surface area (Å²) in [7, 11) is -5.00. The van der Waals surface area contributed by atoms with Gasteiger partial charge in [0.15, 0.2) is 6.23 Å². The number of ether oxygens (including phenoxy) is 1. The monoisotopic (exact) mass is 338 g/mol. The molecule has 0 bridgehead atoms. The van der Waals surface area contributed by atoms with Gasteiger partial charge in [0.1, 0.15) is 17.8 Å². The van der Waals surface area contributed by atoms with Gasteiger partial charge in [0.2, 0.25) is 0 Å². The molecular formula is C10H15N2O9P. The largest absolute Gasteiger partial charge is 0.470 e. The van der Waals surface area contributed by atoms with Crippen LogP contribution in [0, 0.1) is 0 Å². The second-order valence-corrected chi connectivity index (χ2v) is 6.09. The van der Waals surface area contributed by atoms with Crippen molar-refractivity contribution in [3.8, 4) is 0 Å². The van der Waals surface area contributed by atoms with Crippen LogP contribution in [-0.2, 0) is 13.8 Å². The van der Waals surface area contributed by atoms with Gasteiger partial charge in [-0.15, -0.1) is 0 Å². The molecule has 1 aliphatic heterocycles. The van der Waals surface area contributed by atoms with E-state index in [9.17, 15) is 24.4 Å². The van der Waals surface area contributed by atoms with E-state index in [0.29, 0.717) is 0 Å². The molecule has 12 heteroatoms. The predicted molar refractivity (Wildman–Crippen MR) is 69.9 cm³/mol. The maximum absolute atomic E-state index is 11.7. The summed E-state index contributed by atoms with van der Waals surface area (Å²) in [5, 5.41) is 19.5. The van der Waals surface area contributed by atoms with Gasteiger partial charge in [0.25, 0.3) is 5.56 Å². The molecule has 0 radical (unpaired) electrons. The number of aromatic amines is 1. The summed E-state index contributed by atoms with van der Waals surface area (Å²) in [5.74, 6) is 0. The topological polar surface area (TPSA) is 171 Å². The Kier molecular flexibility index (Phi) is 4.42. The molecule has 1 aliphatic rings. The Labute approximate surface area is 123 Å². The number of aromatic nitrogens is 2. The maximum Gasteiger partial charge on any atom is 0.470 e. The lowest BCUT2D eigenvalue weighted by atomic mass is 9.95. The molecule has 0 aromatic carbocycles. The van der Waals surface area contributed by atoms with Gasteiger partial charge in [-0.1, -0.05) is 0 Å². The lowest BCUT2D eigenvalue weighted by Crippen LogP contribution is -2.48. The third-order valence-corrected chi connectivity index (χ3v) is 4.04. The van der Waals surface area contributed by atoms with Crippen molar-refractivity contribution in [2.75, 3.05) is 6.61 Å². The van der Waals surface area contributed by atoms with Gasteiger partial charge in [-0.05, 0) is 6.92 Å². The highest BCUT2D eigenvalue weighted by Gasteiger charge is 2.57. The summed E-state index contributed by atoms with van der Waals surface area (Å²) < 4.78 is 21.7. The van der Waals surface area contributed by atoms with Crippen LogP contribution in [0.3, 0.4) is 0 Å². The highest BCUT2D eigenvalue weighted by molar-refractivity contribution is 7.46. The predicted octanol–water partition coefficient (Wildman–Crippen LogP) is -2.34. The van der Waals surface area contributed by atoms with Crippen LogP contribution in [0.5, 0.6) is 0 Å². The molecule has 5 N–H and O–H groups in total. The number of nitrogens with one attached hydrogen (secondary N) is 1. The Morgan fingerprint density at radius 3 is 2.64 bits per heavy atom. The molecule has 1 aromatic heterocycles. The number of nitrogens with zero attached hydrogens (tertiary/aromatic N) is 1. The standard InChI is InChI=1S/C10H15N2O9P/c1-10(21-22(17,18)19)5(4-13)20-8(7(10)15)12-3-2-6(14)11-9(12)16/h2-3,5,7-8,13,15H,4H2,1H3,(H,11,14,16)(H2,17,18,19)/t5-,7+,8-,10-/m1/s1. The summed E-state index contributed by atoms with van der Waals surface area (Å²) in [6, 6.07) is 1.00.